The largest absolute Gasteiger partial charge is 0.493 e. The van der Waals surface area contributed by atoms with E-state index in [1.807, 2.05) is 24.3 Å². The van der Waals surface area contributed by atoms with Crippen molar-refractivity contribution in [1.29, 1.82) is 0 Å². The number of carbonyl (C=O) groups excluding carboxylic acids is 1. The molecule has 2 aromatic rings. The summed E-state index contributed by atoms with van der Waals surface area (Å²) < 4.78 is 10.6. The molecular weight excluding hydrogens is 304 g/mol. The molecule has 0 spiro atoms. The van der Waals surface area contributed by atoms with E-state index in [2.05, 4.69) is 10.6 Å². The van der Waals surface area contributed by atoms with E-state index >= 15 is 0 Å². The molecule has 0 aliphatic carbocycles. The predicted octanol–water partition coefficient (Wildman–Crippen LogP) is 3.18. The van der Waals surface area contributed by atoms with Crippen LogP contribution < -0.4 is 20.1 Å². The Morgan fingerprint density at radius 3 is 2.59 bits per heavy atom. The molecule has 0 heterocycles. The molecule has 0 aliphatic heterocycles. The standard InChI is InChI=1S/C16H17ClN2O3/c1-21-14-7-2-3-8-15(14)22-11-19-16(20)18-10-12-5-4-6-13(17)9-12/h2-9H,10-11H2,1H3,(H2,18,19,20). The Morgan fingerprint density at radius 2 is 1.86 bits per heavy atom. The lowest BCUT2D eigenvalue weighted by molar-refractivity contribution is 0.221. The van der Waals surface area contributed by atoms with Crippen LogP contribution in [0.3, 0.4) is 0 Å². The smallest absolute Gasteiger partial charge is 0.317 e. The van der Waals surface area contributed by atoms with Crippen LogP contribution in [0.25, 0.3) is 0 Å². The van der Waals surface area contributed by atoms with E-state index in [9.17, 15) is 4.79 Å². The minimum Gasteiger partial charge on any atom is -0.493 e. The lowest BCUT2D eigenvalue weighted by atomic mass is 10.2. The van der Waals surface area contributed by atoms with Crippen LogP contribution in [0.1, 0.15) is 5.56 Å². The molecule has 0 aliphatic rings. The number of para-hydroxylation sites is 2. The summed E-state index contributed by atoms with van der Waals surface area (Å²) in [5.74, 6) is 1.18. The summed E-state index contributed by atoms with van der Waals surface area (Å²) in [6.45, 7) is 0.433. The minimum absolute atomic E-state index is 0.0434. The average molecular weight is 321 g/mol. The molecule has 22 heavy (non-hydrogen) atoms. The summed E-state index contributed by atoms with van der Waals surface area (Å²) >= 11 is 5.88. The van der Waals surface area contributed by atoms with Gasteiger partial charge in [-0.05, 0) is 29.8 Å². The van der Waals surface area contributed by atoms with Crippen molar-refractivity contribution in [2.45, 2.75) is 6.54 Å². The fraction of sp³-hybridized carbons (Fsp3) is 0.188. The van der Waals surface area contributed by atoms with Crippen molar-refractivity contribution in [3.8, 4) is 11.5 Å². The zero-order chi connectivity index (χ0) is 15.8. The van der Waals surface area contributed by atoms with Gasteiger partial charge in [-0.3, -0.25) is 0 Å². The molecule has 0 bridgehead atoms. The monoisotopic (exact) mass is 320 g/mol. The topological polar surface area (TPSA) is 59.6 Å². The number of methoxy groups -OCH3 is 1. The SMILES string of the molecule is COc1ccccc1OCNC(=O)NCc1cccc(Cl)c1. The first kappa shape index (κ1) is 16.0. The molecule has 0 atom stereocenters. The Hall–Kier alpha value is -2.40. The average Bonchev–Trinajstić information content (AvgIpc) is 2.53. The van der Waals surface area contributed by atoms with Crippen molar-refractivity contribution in [3.05, 3.63) is 59.1 Å². The highest BCUT2D eigenvalue weighted by Gasteiger charge is 2.04. The molecular formula is C16H17ClN2O3. The molecule has 0 aromatic heterocycles. The van der Waals surface area contributed by atoms with Gasteiger partial charge in [0.15, 0.2) is 18.2 Å². The van der Waals surface area contributed by atoms with Gasteiger partial charge in [0.25, 0.3) is 0 Å². The molecule has 0 saturated carbocycles. The summed E-state index contributed by atoms with van der Waals surface area (Å²) in [6.07, 6.45) is 0. The number of nitrogens with one attached hydrogen (secondary N) is 2. The Bertz CT molecular complexity index is 634. The highest BCUT2D eigenvalue weighted by molar-refractivity contribution is 6.30. The summed E-state index contributed by atoms with van der Waals surface area (Å²) in [4.78, 5) is 11.7. The van der Waals surface area contributed by atoms with Crippen molar-refractivity contribution in [3.63, 3.8) is 0 Å². The van der Waals surface area contributed by atoms with Crippen LogP contribution in [-0.4, -0.2) is 19.9 Å². The van der Waals surface area contributed by atoms with E-state index in [1.165, 1.54) is 0 Å². The van der Waals surface area contributed by atoms with Gasteiger partial charge < -0.3 is 20.1 Å². The van der Waals surface area contributed by atoms with Crippen LogP contribution in [0, 0.1) is 0 Å². The normalized spacial score (nSPS) is 9.91. The van der Waals surface area contributed by atoms with Gasteiger partial charge in [0.05, 0.1) is 7.11 Å². The van der Waals surface area contributed by atoms with E-state index < -0.39 is 0 Å². The number of hydrogen-bond donors (Lipinski definition) is 2. The van der Waals surface area contributed by atoms with Crippen molar-refractivity contribution < 1.29 is 14.3 Å². The van der Waals surface area contributed by atoms with E-state index in [0.717, 1.165) is 5.56 Å². The molecule has 0 unspecified atom stereocenters. The van der Waals surface area contributed by atoms with Crippen LogP contribution >= 0.6 is 11.6 Å². The Balaban J connectivity index is 1.74. The van der Waals surface area contributed by atoms with Gasteiger partial charge in [-0.15, -0.1) is 0 Å². The third-order valence-corrected chi connectivity index (χ3v) is 3.11. The third kappa shape index (κ3) is 4.86. The fourth-order valence-corrected chi connectivity index (χ4v) is 2.02. The first-order chi connectivity index (χ1) is 10.7. The van der Waals surface area contributed by atoms with Crippen LogP contribution in [-0.2, 0) is 6.54 Å². The number of urea groups is 1. The van der Waals surface area contributed by atoms with E-state index in [0.29, 0.717) is 23.1 Å². The highest BCUT2D eigenvalue weighted by Crippen LogP contribution is 2.25. The van der Waals surface area contributed by atoms with Crippen molar-refractivity contribution >= 4 is 17.6 Å². The first-order valence-electron chi connectivity index (χ1n) is 6.71. The summed E-state index contributed by atoms with van der Waals surface area (Å²) in [7, 11) is 1.56. The number of carbonyl (C=O) groups is 1. The van der Waals surface area contributed by atoms with Gasteiger partial charge in [0.2, 0.25) is 0 Å². The second-order valence-electron chi connectivity index (χ2n) is 4.43. The quantitative estimate of drug-likeness (QED) is 0.804. The fourth-order valence-electron chi connectivity index (χ4n) is 1.81. The van der Waals surface area contributed by atoms with Gasteiger partial charge in [-0.1, -0.05) is 35.9 Å². The number of rotatable bonds is 6. The maximum Gasteiger partial charge on any atom is 0.317 e. The number of amides is 2. The molecule has 6 heteroatoms. The predicted molar refractivity (Wildman–Crippen MR) is 85.3 cm³/mol. The van der Waals surface area contributed by atoms with Crippen LogP contribution in [0.2, 0.25) is 5.02 Å². The number of ether oxygens (including phenoxy) is 2. The highest BCUT2D eigenvalue weighted by atomic mass is 35.5. The Morgan fingerprint density at radius 1 is 1.09 bits per heavy atom. The number of halogens is 1. The van der Waals surface area contributed by atoms with Gasteiger partial charge >= 0.3 is 6.03 Å². The van der Waals surface area contributed by atoms with Gasteiger partial charge in [-0.25, -0.2) is 4.79 Å². The maximum absolute atomic E-state index is 11.7. The molecule has 0 fully saturated rings. The molecule has 2 rings (SSSR count). The van der Waals surface area contributed by atoms with Gasteiger partial charge in [-0.2, -0.15) is 0 Å². The molecule has 2 N–H and O–H groups in total. The zero-order valence-corrected chi connectivity index (χ0v) is 12.9. The molecule has 0 saturated heterocycles. The Kier molecular flexibility index (Phi) is 5.91. The van der Waals surface area contributed by atoms with E-state index in [1.54, 1.807) is 31.4 Å². The number of hydrogen-bond acceptors (Lipinski definition) is 3. The summed E-state index contributed by atoms with van der Waals surface area (Å²) in [5, 5.41) is 5.97. The third-order valence-electron chi connectivity index (χ3n) is 2.87. The molecule has 5 nitrogen and oxygen atoms in total. The van der Waals surface area contributed by atoms with Crippen molar-refractivity contribution in [1.82, 2.24) is 10.6 Å². The summed E-state index contributed by atoms with van der Waals surface area (Å²) in [5.41, 5.74) is 0.924. The molecule has 0 radical (unpaired) electrons. The van der Waals surface area contributed by atoms with E-state index in [-0.39, 0.29) is 12.8 Å². The first-order valence-corrected chi connectivity index (χ1v) is 7.09. The lowest BCUT2D eigenvalue weighted by Gasteiger charge is -2.11. The molecule has 2 aromatic carbocycles. The minimum atomic E-state index is -0.324. The van der Waals surface area contributed by atoms with Crippen molar-refractivity contribution in [2.24, 2.45) is 0 Å². The maximum atomic E-state index is 11.7. The van der Waals surface area contributed by atoms with Crippen LogP contribution in [0.4, 0.5) is 4.79 Å². The van der Waals surface area contributed by atoms with Gasteiger partial charge in [0.1, 0.15) is 0 Å². The number of benzene rings is 2. The molecule has 116 valence electrons. The zero-order valence-electron chi connectivity index (χ0n) is 12.1. The van der Waals surface area contributed by atoms with Crippen LogP contribution in [0.5, 0.6) is 11.5 Å². The second kappa shape index (κ2) is 8.14. The van der Waals surface area contributed by atoms with Gasteiger partial charge in [0, 0.05) is 11.6 Å². The van der Waals surface area contributed by atoms with Crippen LogP contribution in [0.15, 0.2) is 48.5 Å². The van der Waals surface area contributed by atoms with Crippen molar-refractivity contribution in [2.75, 3.05) is 13.8 Å². The molecule has 2 amide bonds. The summed E-state index contributed by atoms with van der Waals surface area (Å²) in [6, 6.07) is 14.2. The lowest BCUT2D eigenvalue weighted by Crippen LogP contribution is -2.37. The van der Waals surface area contributed by atoms with E-state index in [4.69, 9.17) is 21.1 Å². The second-order valence-corrected chi connectivity index (χ2v) is 4.87. The Labute approximate surface area is 134 Å².